The van der Waals surface area contributed by atoms with Crippen LogP contribution in [0.25, 0.3) is 0 Å². The third-order valence-corrected chi connectivity index (χ3v) is 14.8. The van der Waals surface area contributed by atoms with Crippen LogP contribution in [0.5, 0.6) is 0 Å². The minimum absolute atomic E-state index is 0.168. The van der Waals surface area contributed by atoms with Crippen LogP contribution in [0.1, 0.15) is 70.9 Å². The fraction of sp³-hybridized carbons (Fsp3) is 0.545. The van der Waals surface area contributed by atoms with Crippen molar-refractivity contribution < 1.29 is 44.5 Å². The summed E-state index contributed by atoms with van der Waals surface area (Å²) >= 11 is 0. The molecule has 0 saturated carbocycles. The van der Waals surface area contributed by atoms with Crippen molar-refractivity contribution in [1.82, 2.24) is 0 Å². The van der Waals surface area contributed by atoms with Crippen molar-refractivity contribution >= 4 is 45.9 Å². The SMILES string of the molecule is C#CCCCC[N+]1=C(CC2N(CCC[Si](CO)(OC)OC)c3ccc(S(=O)(=O)O)cc3C2(C)C)C(C)(C)c2cc(S(=O)(=O)O)ccc21. The topological polar surface area (TPSA) is 154 Å². The molecule has 0 radical (unpaired) electrons. The number of terminal acetylenes is 1. The summed E-state index contributed by atoms with van der Waals surface area (Å²) in [4.78, 5) is 1.92. The molecular formula is C33H47N2O9S2Si+. The molecule has 258 valence electrons. The lowest BCUT2D eigenvalue weighted by Gasteiger charge is -2.36. The number of aliphatic hydroxyl groups is 1. The molecule has 0 saturated heterocycles. The van der Waals surface area contributed by atoms with Gasteiger partial charge >= 0.3 is 8.56 Å². The maximum absolute atomic E-state index is 12.2. The van der Waals surface area contributed by atoms with E-state index in [9.17, 15) is 31.0 Å². The summed E-state index contributed by atoms with van der Waals surface area (Å²) in [6, 6.07) is 9.76. The molecule has 14 heteroatoms. The molecule has 2 aromatic carbocycles. The van der Waals surface area contributed by atoms with Crippen molar-refractivity contribution in [3.63, 3.8) is 0 Å². The molecule has 0 aromatic heterocycles. The van der Waals surface area contributed by atoms with Gasteiger partial charge in [-0.05, 0) is 68.6 Å². The highest BCUT2D eigenvalue weighted by atomic mass is 32.2. The van der Waals surface area contributed by atoms with Crippen LogP contribution >= 0.6 is 0 Å². The summed E-state index contributed by atoms with van der Waals surface area (Å²) in [5.74, 6) is 2.69. The monoisotopic (exact) mass is 707 g/mol. The van der Waals surface area contributed by atoms with Gasteiger partial charge in [-0.1, -0.05) is 13.8 Å². The molecule has 3 N–H and O–H groups in total. The number of unbranched alkanes of at least 4 members (excludes halogenated alkanes) is 2. The predicted molar refractivity (Wildman–Crippen MR) is 183 cm³/mol. The fourth-order valence-corrected chi connectivity index (χ4v) is 9.89. The summed E-state index contributed by atoms with van der Waals surface area (Å²) in [6.07, 6.45) is 8.77. The first-order chi connectivity index (χ1) is 21.9. The van der Waals surface area contributed by atoms with E-state index < -0.39 is 39.6 Å². The first kappa shape index (κ1) is 37.2. The van der Waals surface area contributed by atoms with E-state index in [1.54, 1.807) is 38.5 Å². The molecule has 0 aliphatic carbocycles. The maximum Gasteiger partial charge on any atom is 0.364 e. The number of aliphatic hydroxyl groups excluding tert-OH is 1. The molecule has 0 amide bonds. The number of hydrogen-bond donors (Lipinski definition) is 3. The zero-order valence-electron chi connectivity index (χ0n) is 28.0. The Balaban J connectivity index is 1.83. The maximum atomic E-state index is 12.2. The molecule has 0 bridgehead atoms. The number of anilines is 1. The van der Waals surface area contributed by atoms with Crippen LogP contribution in [0, 0.1) is 12.3 Å². The number of fused-ring (bicyclic) bond motifs is 2. The van der Waals surface area contributed by atoms with Crippen molar-refractivity contribution in [3.05, 3.63) is 47.5 Å². The molecule has 1 unspecified atom stereocenters. The van der Waals surface area contributed by atoms with Crippen LogP contribution in [0.4, 0.5) is 11.4 Å². The van der Waals surface area contributed by atoms with Gasteiger partial charge in [0.2, 0.25) is 5.69 Å². The Labute approximate surface area is 280 Å². The third kappa shape index (κ3) is 7.23. The van der Waals surface area contributed by atoms with Gasteiger partial charge in [-0.3, -0.25) is 9.11 Å². The van der Waals surface area contributed by atoms with E-state index in [4.69, 9.17) is 15.3 Å². The number of rotatable bonds is 15. The van der Waals surface area contributed by atoms with Crippen molar-refractivity contribution in [1.29, 1.82) is 0 Å². The van der Waals surface area contributed by atoms with Crippen LogP contribution in [-0.2, 0) is 39.9 Å². The predicted octanol–water partition coefficient (Wildman–Crippen LogP) is 4.57. The van der Waals surface area contributed by atoms with Gasteiger partial charge in [0, 0.05) is 62.4 Å². The minimum Gasteiger partial charge on any atom is -0.396 e. The molecular weight excluding hydrogens is 661 g/mol. The molecule has 11 nitrogen and oxygen atoms in total. The average Bonchev–Trinajstić information content (AvgIpc) is 3.35. The van der Waals surface area contributed by atoms with Gasteiger partial charge in [0.1, 0.15) is 6.54 Å². The Hall–Kier alpha value is -2.61. The highest BCUT2D eigenvalue weighted by Gasteiger charge is 2.52. The standard InChI is InChI=1S/C33H46N2O9S2Si/c1-8-9-10-11-17-34-28-15-13-24(45(37,38)39)20-26(28)32(2,3)30(34)22-31-33(4,5)27-21-25(46(40,41)42)14-16-29(27)35(31)18-12-19-47(23-36,43-6)44-7/h1,13-16,20-21,31,36H,9-12,17-19,22-23H2,2-7H3,(H-,37,38,39,40,41,42)/p+1. The van der Waals surface area contributed by atoms with Gasteiger partial charge in [0.15, 0.2) is 5.71 Å². The largest absolute Gasteiger partial charge is 0.396 e. The molecule has 4 rings (SSSR count). The smallest absolute Gasteiger partial charge is 0.364 e. The lowest BCUT2D eigenvalue weighted by Crippen LogP contribution is -2.48. The Kier molecular flexibility index (Phi) is 10.9. The Morgan fingerprint density at radius 1 is 0.936 bits per heavy atom. The zero-order valence-corrected chi connectivity index (χ0v) is 30.6. The molecule has 1 atom stereocenters. The van der Waals surface area contributed by atoms with Crippen molar-refractivity contribution in [2.75, 3.05) is 38.4 Å². The summed E-state index contributed by atoms with van der Waals surface area (Å²) in [5, 5.41) is 10.0. The Morgan fingerprint density at radius 2 is 1.53 bits per heavy atom. The number of benzene rings is 2. The highest BCUT2D eigenvalue weighted by Crippen LogP contribution is 2.50. The van der Waals surface area contributed by atoms with Crippen molar-refractivity contribution in [2.24, 2.45) is 0 Å². The lowest BCUT2D eigenvalue weighted by molar-refractivity contribution is -0.440. The molecule has 0 spiro atoms. The lowest BCUT2D eigenvalue weighted by atomic mass is 9.73. The van der Waals surface area contributed by atoms with Crippen LogP contribution in [0.15, 0.2) is 46.2 Å². The van der Waals surface area contributed by atoms with E-state index in [1.807, 2.05) is 13.8 Å². The third-order valence-electron chi connectivity index (χ3n) is 10.0. The summed E-state index contributed by atoms with van der Waals surface area (Å²) in [6.45, 7) is 9.42. The van der Waals surface area contributed by atoms with Crippen LogP contribution < -0.4 is 4.90 Å². The van der Waals surface area contributed by atoms with E-state index in [1.165, 1.54) is 12.1 Å². The summed E-state index contributed by atoms with van der Waals surface area (Å²) in [5.41, 5.74) is 3.13. The average molecular weight is 708 g/mol. The van der Waals surface area contributed by atoms with Gasteiger partial charge in [0.25, 0.3) is 20.2 Å². The fourth-order valence-electron chi connectivity index (χ4n) is 7.19. The van der Waals surface area contributed by atoms with E-state index in [-0.39, 0.29) is 22.1 Å². The van der Waals surface area contributed by atoms with Crippen LogP contribution in [0.3, 0.4) is 0 Å². The molecule has 2 aromatic rings. The second-order valence-electron chi connectivity index (χ2n) is 13.4. The number of nitrogens with zero attached hydrogens (tertiary/aromatic N) is 2. The minimum atomic E-state index is -4.44. The van der Waals surface area contributed by atoms with Crippen molar-refractivity contribution in [3.8, 4) is 12.3 Å². The van der Waals surface area contributed by atoms with Gasteiger partial charge < -0.3 is 18.9 Å². The quantitative estimate of drug-likeness (QED) is 0.0789. The molecule has 47 heavy (non-hydrogen) atoms. The normalized spacial score (nSPS) is 18.7. The molecule has 0 fully saturated rings. The second kappa shape index (κ2) is 13.7. The molecule has 2 aliphatic rings. The summed E-state index contributed by atoms with van der Waals surface area (Å²) in [7, 11) is -8.59. The molecule has 2 heterocycles. The van der Waals surface area contributed by atoms with Gasteiger partial charge in [0.05, 0.1) is 27.9 Å². The van der Waals surface area contributed by atoms with E-state index >= 15 is 0 Å². The Morgan fingerprint density at radius 3 is 2.09 bits per heavy atom. The first-order valence-electron chi connectivity index (χ1n) is 15.7. The summed E-state index contributed by atoms with van der Waals surface area (Å²) < 4.78 is 81.9. The van der Waals surface area contributed by atoms with Gasteiger partial charge in [-0.15, -0.1) is 12.3 Å². The second-order valence-corrected chi connectivity index (χ2v) is 19.7. The van der Waals surface area contributed by atoms with E-state index in [0.29, 0.717) is 38.4 Å². The van der Waals surface area contributed by atoms with Gasteiger partial charge in [-0.2, -0.15) is 21.4 Å². The van der Waals surface area contributed by atoms with Crippen molar-refractivity contribution in [2.45, 2.75) is 92.5 Å². The molecule has 2 aliphatic heterocycles. The highest BCUT2D eigenvalue weighted by molar-refractivity contribution is 7.86. The van der Waals surface area contributed by atoms with E-state index in [2.05, 4.69) is 29.2 Å². The van der Waals surface area contributed by atoms with Gasteiger partial charge in [-0.25, -0.2) is 0 Å². The van der Waals surface area contributed by atoms with Crippen LogP contribution in [-0.4, -0.2) is 89.5 Å². The Bertz CT molecular complexity index is 1790. The zero-order chi connectivity index (χ0) is 35.0. The first-order valence-corrected chi connectivity index (χ1v) is 20.8. The number of hydrogen-bond acceptors (Lipinski definition) is 8. The van der Waals surface area contributed by atoms with Crippen LogP contribution in [0.2, 0.25) is 6.04 Å². The van der Waals surface area contributed by atoms with E-state index in [0.717, 1.165) is 41.1 Å².